The Morgan fingerprint density at radius 1 is 1.24 bits per heavy atom. The molecular weight excluding hydrogens is 499 g/mol. The fraction of sp³-hybridized carbons (Fsp3) is 0.176. The summed E-state index contributed by atoms with van der Waals surface area (Å²) in [7, 11) is 1.61. The highest BCUT2D eigenvalue weighted by atomic mass is 127. The zero-order valence-corrected chi connectivity index (χ0v) is 17.6. The number of amides is 1. The van der Waals surface area contributed by atoms with E-state index in [2.05, 4.69) is 31.6 Å². The normalized spacial score (nSPS) is 10.6. The van der Waals surface area contributed by atoms with Gasteiger partial charge in [-0.25, -0.2) is 0 Å². The predicted molar refractivity (Wildman–Crippen MR) is 115 cm³/mol. The third-order valence-corrected chi connectivity index (χ3v) is 3.62. The van der Waals surface area contributed by atoms with Gasteiger partial charge in [-0.3, -0.25) is 9.79 Å². The van der Waals surface area contributed by atoms with Gasteiger partial charge < -0.3 is 21.1 Å². The maximum atomic E-state index is 12.0. The minimum atomic E-state index is -0.145. The minimum absolute atomic E-state index is 0. The molecule has 2 aromatic rings. The zero-order valence-electron chi connectivity index (χ0n) is 13.7. The molecule has 8 heteroatoms. The van der Waals surface area contributed by atoms with Gasteiger partial charge >= 0.3 is 0 Å². The van der Waals surface area contributed by atoms with Gasteiger partial charge in [-0.15, -0.1) is 24.0 Å². The number of methoxy groups -OCH3 is 1. The minimum Gasteiger partial charge on any atom is -0.497 e. The number of guanidine groups is 1. The molecule has 2 aromatic carbocycles. The van der Waals surface area contributed by atoms with E-state index in [1.807, 2.05) is 36.4 Å². The zero-order chi connectivity index (χ0) is 17.4. The first kappa shape index (κ1) is 21.2. The Morgan fingerprint density at radius 3 is 2.60 bits per heavy atom. The number of aliphatic imine (C=N–C) groups is 1. The van der Waals surface area contributed by atoms with Crippen molar-refractivity contribution in [2.45, 2.75) is 0 Å². The molecule has 0 saturated carbocycles. The molecule has 2 rings (SSSR count). The molecule has 0 aliphatic rings. The summed E-state index contributed by atoms with van der Waals surface area (Å²) in [4.78, 5) is 16.1. The first-order chi connectivity index (χ1) is 11.6. The van der Waals surface area contributed by atoms with Gasteiger partial charge in [0.25, 0.3) is 5.91 Å². The molecule has 0 saturated heterocycles. The molecule has 0 aliphatic heterocycles. The summed E-state index contributed by atoms with van der Waals surface area (Å²) in [5.41, 5.74) is 7.22. The van der Waals surface area contributed by atoms with Crippen LogP contribution in [0.3, 0.4) is 0 Å². The number of benzene rings is 2. The van der Waals surface area contributed by atoms with Crippen molar-refractivity contribution in [1.82, 2.24) is 5.32 Å². The van der Waals surface area contributed by atoms with E-state index in [9.17, 15) is 4.79 Å². The number of anilines is 1. The van der Waals surface area contributed by atoms with Crippen molar-refractivity contribution in [1.29, 1.82) is 0 Å². The summed E-state index contributed by atoms with van der Waals surface area (Å²) in [6.45, 7) is 0.783. The van der Waals surface area contributed by atoms with Crippen LogP contribution in [0, 0.1) is 0 Å². The Hall–Kier alpha value is -1.81. The van der Waals surface area contributed by atoms with Crippen LogP contribution in [0.2, 0.25) is 0 Å². The lowest BCUT2D eigenvalue weighted by molar-refractivity contribution is 0.0954. The highest BCUT2D eigenvalue weighted by Crippen LogP contribution is 2.14. The molecule has 0 unspecified atom stereocenters. The van der Waals surface area contributed by atoms with Crippen molar-refractivity contribution in [3.63, 3.8) is 0 Å². The van der Waals surface area contributed by atoms with Crippen LogP contribution < -0.4 is 21.1 Å². The summed E-state index contributed by atoms with van der Waals surface area (Å²) in [6.07, 6.45) is 0. The summed E-state index contributed by atoms with van der Waals surface area (Å²) in [6, 6.07) is 14.5. The van der Waals surface area contributed by atoms with Crippen LogP contribution in [0.15, 0.2) is 58.0 Å². The van der Waals surface area contributed by atoms with Gasteiger partial charge in [-0.1, -0.05) is 22.0 Å². The second-order valence-electron chi connectivity index (χ2n) is 4.89. The first-order valence-corrected chi connectivity index (χ1v) is 8.12. The molecule has 0 fully saturated rings. The van der Waals surface area contributed by atoms with Crippen molar-refractivity contribution >= 4 is 57.5 Å². The molecule has 0 heterocycles. The van der Waals surface area contributed by atoms with Crippen LogP contribution in [-0.4, -0.2) is 32.1 Å². The van der Waals surface area contributed by atoms with Crippen molar-refractivity contribution in [2.24, 2.45) is 10.7 Å². The van der Waals surface area contributed by atoms with E-state index in [0.717, 1.165) is 15.9 Å². The standard InChI is InChI=1S/C17H19BrN4O2.HI/c1-24-15-7-5-14(6-8-15)22-17(19)21-10-9-20-16(23)12-3-2-4-13(18)11-12;/h2-8,11H,9-10H2,1H3,(H,20,23)(H3,19,21,22);1H. The average Bonchev–Trinajstić information content (AvgIpc) is 2.59. The van der Waals surface area contributed by atoms with Gasteiger partial charge in [0, 0.05) is 22.3 Å². The fourth-order valence-corrected chi connectivity index (χ4v) is 2.34. The maximum absolute atomic E-state index is 12.0. The Bertz CT molecular complexity index is 723. The Balaban J connectivity index is 0.00000312. The van der Waals surface area contributed by atoms with Crippen molar-refractivity contribution in [3.8, 4) is 5.75 Å². The van der Waals surface area contributed by atoms with E-state index < -0.39 is 0 Å². The molecule has 0 aliphatic carbocycles. The smallest absolute Gasteiger partial charge is 0.251 e. The van der Waals surface area contributed by atoms with E-state index in [-0.39, 0.29) is 35.8 Å². The molecular formula is C17H20BrIN4O2. The van der Waals surface area contributed by atoms with Crippen LogP contribution in [0.1, 0.15) is 10.4 Å². The van der Waals surface area contributed by atoms with Crippen molar-refractivity contribution in [3.05, 3.63) is 58.6 Å². The topological polar surface area (TPSA) is 88.7 Å². The largest absolute Gasteiger partial charge is 0.497 e. The summed E-state index contributed by atoms with van der Waals surface area (Å²) < 4.78 is 5.95. The molecule has 1 amide bonds. The van der Waals surface area contributed by atoms with Crippen molar-refractivity contribution in [2.75, 3.05) is 25.5 Å². The van der Waals surface area contributed by atoms with E-state index in [1.54, 1.807) is 19.2 Å². The second-order valence-corrected chi connectivity index (χ2v) is 5.80. The molecule has 4 N–H and O–H groups in total. The van der Waals surface area contributed by atoms with Gasteiger partial charge in [0.2, 0.25) is 0 Å². The fourth-order valence-electron chi connectivity index (χ4n) is 1.94. The summed E-state index contributed by atoms with van der Waals surface area (Å²) in [5.74, 6) is 0.913. The molecule has 134 valence electrons. The van der Waals surface area contributed by atoms with Crippen molar-refractivity contribution < 1.29 is 9.53 Å². The monoisotopic (exact) mass is 518 g/mol. The number of carbonyl (C=O) groups is 1. The molecule has 0 atom stereocenters. The number of carbonyl (C=O) groups excluding carboxylic acids is 1. The Labute approximate surface area is 172 Å². The highest BCUT2D eigenvalue weighted by molar-refractivity contribution is 14.0. The SMILES string of the molecule is COc1ccc(NC(N)=NCCNC(=O)c2cccc(Br)c2)cc1.I. The van der Waals surface area contributed by atoms with E-state index in [1.165, 1.54) is 0 Å². The lowest BCUT2D eigenvalue weighted by atomic mass is 10.2. The van der Waals surface area contributed by atoms with Gasteiger partial charge in [0.15, 0.2) is 5.96 Å². The summed E-state index contributed by atoms with van der Waals surface area (Å²) >= 11 is 3.34. The maximum Gasteiger partial charge on any atom is 0.251 e. The van der Waals surface area contributed by atoms with Gasteiger partial charge in [0.05, 0.1) is 13.7 Å². The van der Waals surface area contributed by atoms with Gasteiger partial charge in [-0.05, 0) is 42.5 Å². The molecule has 0 spiro atoms. The number of rotatable bonds is 6. The molecule has 0 radical (unpaired) electrons. The number of hydrogen-bond acceptors (Lipinski definition) is 3. The number of nitrogens with one attached hydrogen (secondary N) is 2. The Morgan fingerprint density at radius 2 is 1.96 bits per heavy atom. The van der Waals surface area contributed by atoms with Crippen LogP contribution in [0.25, 0.3) is 0 Å². The van der Waals surface area contributed by atoms with Crippen LogP contribution in [0.4, 0.5) is 5.69 Å². The van der Waals surface area contributed by atoms with Gasteiger partial charge in [0.1, 0.15) is 5.75 Å². The quantitative estimate of drug-likeness (QED) is 0.237. The van der Waals surface area contributed by atoms with E-state index in [4.69, 9.17) is 10.5 Å². The third kappa shape index (κ3) is 7.30. The number of nitrogens with two attached hydrogens (primary N) is 1. The van der Waals surface area contributed by atoms with E-state index in [0.29, 0.717) is 18.7 Å². The second kappa shape index (κ2) is 10.9. The number of halogens is 2. The summed E-state index contributed by atoms with van der Waals surface area (Å²) in [5, 5.41) is 5.77. The Kier molecular flexibility index (Phi) is 9.28. The molecule has 0 bridgehead atoms. The average molecular weight is 519 g/mol. The first-order valence-electron chi connectivity index (χ1n) is 7.33. The lowest BCUT2D eigenvalue weighted by Crippen LogP contribution is -2.28. The molecule has 25 heavy (non-hydrogen) atoms. The highest BCUT2D eigenvalue weighted by Gasteiger charge is 2.04. The molecule has 0 aromatic heterocycles. The molecule has 6 nitrogen and oxygen atoms in total. The number of hydrogen-bond donors (Lipinski definition) is 3. The third-order valence-electron chi connectivity index (χ3n) is 3.13. The number of nitrogens with zero attached hydrogens (tertiary/aromatic N) is 1. The van der Waals surface area contributed by atoms with Crippen LogP contribution in [0.5, 0.6) is 5.75 Å². The van der Waals surface area contributed by atoms with Gasteiger partial charge in [-0.2, -0.15) is 0 Å². The van der Waals surface area contributed by atoms with E-state index >= 15 is 0 Å². The number of ether oxygens (including phenoxy) is 1. The predicted octanol–water partition coefficient (Wildman–Crippen LogP) is 3.23. The van der Waals surface area contributed by atoms with Crippen LogP contribution >= 0.6 is 39.9 Å². The lowest BCUT2D eigenvalue weighted by Gasteiger charge is -2.07. The van der Waals surface area contributed by atoms with Crippen LogP contribution in [-0.2, 0) is 0 Å².